The zero-order valence-electron chi connectivity index (χ0n) is 10.8. The Labute approximate surface area is 111 Å². The lowest BCUT2D eigenvalue weighted by Crippen LogP contribution is -2.17. The van der Waals surface area contributed by atoms with Crippen LogP contribution in [0.3, 0.4) is 0 Å². The monoisotopic (exact) mass is 265 g/mol. The van der Waals surface area contributed by atoms with Crippen molar-refractivity contribution < 1.29 is 4.79 Å². The molecule has 0 spiro atoms. The molecular weight excluding hydrogens is 246 g/mol. The molecule has 0 aromatic carbocycles. The third-order valence-corrected chi connectivity index (χ3v) is 4.13. The minimum absolute atomic E-state index is 0.109. The predicted octanol–water partition coefficient (Wildman–Crippen LogP) is 2.56. The van der Waals surface area contributed by atoms with Gasteiger partial charge in [-0.25, -0.2) is 0 Å². The molecule has 5 heteroatoms. The van der Waals surface area contributed by atoms with E-state index in [4.69, 9.17) is 5.73 Å². The quantitative estimate of drug-likeness (QED) is 0.717. The number of thiophene rings is 1. The van der Waals surface area contributed by atoms with Crippen LogP contribution < -0.4 is 16.4 Å². The Hall–Kier alpha value is -1.49. The predicted molar refractivity (Wildman–Crippen MR) is 77.4 cm³/mol. The average molecular weight is 265 g/mol. The van der Waals surface area contributed by atoms with Crippen LogP contribution in [0.5, 0.6) is 0 Å². The van der Waals surface area contributed by atoms with Crippen LogP contribution in [0.4, 0.5) is 10.7 Å². The van der Waals surface area contributed by atoms with Crippen molar-refractivity contribution in [3.63, 3.8) is 0 Å². The van der Waals surface area contributed by atoms with E-state index in [0.717, 1.165) is 29.0 Å². The van der Waals surface area contributed by atoms with Crippen molar-refractivity contribution in [2.24, 2.45) is 0 Å². The Bertz CT molecular complexity index is 489. The van der Waals surface area contributed by atoms with Crippen molar-refractivity contribution in [2.75, 3.05) is 24.6 Å². The van der Waals surface area contributed by atoms with Gasteiger partial charge in [0.2, 0.25) is 0 Å². The van der Waals surface area contributed by atoms with Gasteiger partial charge in [-0.2, -0.15) is 0 Å². The topological polar surface area (TPSA) is 67.2 Å². The summed E-state index contributed by atoms with van der Waals surface area (Å²) in [6.07, 6.45) is 2.33. The molecule has 1 aliphatic carbocycles. The maximum absolute atomic E-state index is 11.8. The molecule has 0 bridgehead atoms. The Kier molecular flexibility index (Phi) is 3.61. The van der Waals surface area contributed by atoms with Crippen LogP contribution in [-0.2, 0) is 0 Å². The maximum Gasteiger partial charge on any atom is 0.263 e. The zero-order valence-corrected chi connectivity index (χ0v) is 11.6. The SMILES string of the molecule is C=C(C)CNc1sc(C(=O)NC)c(N)c1C1CC1. The average Bonchev–Trinajstić information content (AvgIpc) is 3.10. The summed E-state index contributed by atoms with van der Waals surface area (Å²) in [7, 11) is 1.62. The first kappa shape index (κ1) is 13.0. The van der Waals surface area contributed by atoms with Gasteiger partial charge in [-0.1, -0.05) is 12.2 Å². The van der Waals surface area contributed by atoms with E-state index in [1.54, 1.807) is 7.05 Å². The highest BCUT2D eigenvalue weighted by atomic mass is 32.1. The fourth-order valence-electron chi connectivity index (χ4n) is 1.88. The normalized spacial score (nSPS) is 14.3. The van der Waals surface area contributed by atoms with Gasteiger partial charge in [-0.05, 0) is 25.7 Å². The number of carbonyl (C=O) groups excluding carboxylic acids is 1. The summed E-state index contributed by atoms with van der Waals surface area (Å²) in [6.45, 7) is 6.56. The zero-order chi connectivity index (χ0) is 13.3. The molecule has 1 amide bonds. The lowest BCUT2D eigenvalue weighted by Gasteiger charge is -2.06. The van der Waals surface area contributed by atoms with E-state index in [1.165, 1.54) is 11.3 Å². The molecule has 0 saturated heterocycles. The highest BCUT2D eigenvalue weighted by Gasteiger charge is 2.32. The van der Waals surface area contributed by atoms with E-state index in [-0.39, 0.29) is 5.91 Å². The van der Waals surface area contributed by atoms with Crippen LogP contribution in [0, 0.1) is 0 Å². The van der Waals surface area contributed by atoms with Crippen molar-refractivity contribution >= 4 is 27.9 Å². The number of anilines is 2. The molecule has 98 valence electrons. The van der Waals surface area contributed by atoms with Crippen LogP contribution in [-0.4, -0.2) is 19.5 Å². The standard InChI is InChI=1S/C13H19N3OS/c1-7(2)6-16-13-9(8-4-5-8)10(14)11(18-13)12(17)15-3/h8,16H,1,4-6,14H2,2-3H3,(H,15,17). The number of amides is 1. The summed E-state index contributed by atoms with van der Waals surface area (Å²) in [5.41, 5.74) is 8.94. The van der Waals surface area contributed by atoms with E-state index < -0.39 is 0 Å². The van der Waals surface area contributed by atoms with Gasteiger partial charge in [0, 0.05) is 19.2 Å². The highest BCUT2D eigenvalue weighted by Crippen LogP contribution is 2.50. The maximum atomic E-state index is 11.8. The van der Waals surface area contributed by atoms with E-state index in [1.807, 2.05) is 6.92 Å². The van der Waals surface area contributed by atoms with Crippen molar-refractivity contribution in [1.82, 2.24) is 5.32 Å². The number of hydrogen-bond donors (Lipinski definition) is 3. The van der Waals surface area contributed by atoms with Crippen molar-refractivity contribution in [1.29, 1.82) is 0 Å². The number of carbonyl (C=O) groups is 1. The fraction of sp³-hybridized carbons (Fsp3) is 0.462. The largest absolute Gasteiger partial charge is 0.397 e. The summed E-state index contributed by atoms with van der Waals surface area (Å²) < 4.78 is 0. The Morgan fingerprint density at radius 3 is 2.72 bits per heavy atom. The third-order valence-electron chi connectivity index (χ3n) is 2.95. The van der Waals surface area contributed by atoms with Crippen LogP contribution in [0.2, 0.25) is 0 Å². The number of nitrogens with two attached hydrogens (primary N) is 1. The molecule has 1 fully saturated rings. The van der Waals surface area contributed by atoms with Gasteiger partial charge in [-0.15, -0.1) is 11.3 Å². The molecule has 4 N–H and O–H groups in total. The fourth-order valence-corrected chi connectivity index (χ4v) is 3.03. The van der Waals surface area contributed by atoms with Gasteiger partial charge in [0.15, 0.2) is 0 Å². The Morgan fingerprint density at radius 2 is 2.22 bits per heavy atom. The third kappa shape index (κ3) is 2.51. The summed E-state index contributed by atoms with van der Waals surface area (Å²) in [4.78, 5) is 12.4. The molecule has 1 aromatic rings. The molecule has 0 atom stereocenters. The highest BCUT2D eigenvalue weighted by molar-refractivity contribution is 7.18. The number of rotatable bonds is 5. The van der Waals surface area contributed by atoms with Crippen LogP contribution in [0.1, 0.15) is 40.9 Å². The first-order chi connectivity index (χ1) is 8.54. The molecular formula is C13H19N3OS. The summed E-state index contributed by atoms with van der Waals surface area (Å²) in [5.74, 6) is 0.412. The second-order valence-electron chi connectivity index (χ2n) is 4.75. The van der Waals surface area contributed by atoms with Gasteiger partial charge in [-0.3, -0.25) is 4.79 Å². The summed E-state index contributed by atoms with van der Waals surface area (Å²) in [6, 6.07) is 0. The van der Waals surface area contributed by atoms with Crippen LogP contribution in [0.15, 0.2) is 12.2 Å². The van der Waals surface area contributed by atoms with E-state index in [0.29, 0.717) is 23.0 Å². The molecule has 1 aliphatic rings. The molecule has 1 heterocycles. The smallest absolute Gasteiger partial charge is 0.263 e. The molecule has 0 radical (unpaired) electrons. The molecule has 1 saturated carbocycles. The minimum atomic E-state index is -0.109. The van der Waals surface area contributed by atoms with Gasteiger partial charge in [0.05, 0.1) is 10.7 Å². The first-order valence-corrected chi connectivity index (χ1v) is 6.88. The Morgan fingerprint density at radius 1 is 1.56 bits per heavy atom. The van der Waals surface area contributed by atoms with E-state index in [2.05, 4.69) is 17.2 Å². The number of nitrogen functional groups attached to an aromatic ring is 1. The van der Waals surface area contributed by atoms with E-state index in [9.17, 15) is 4.79 Å². The number of hydrogen-bond acceptors (Lipinski definition) is 4. The minimum Gasteiger partial charge on any atom is -0.397 e. The number of nitrogens with one attached hydrogen (secondary N) is 2. The van der Waals surface area contributed by atoms with Gasteiger partial charge >= 0.3 is 0 Å². The summed E-state index contributed by atoms with van der Waals surface area (Å²) in [5, 5.41) is 6.99. The Balaban J connectivity index is 2.31. The molecule has 18 heavy (non-hydrogen) atoms. The van der Waals surface area contributed by atoms with Crippen LogP contribution >= 0.6 is 11.3 Å². The summed E-state index contributed by atoms with van der Waals surface area (Å²) >= 11 is 1.44. The molecule has 4 nitrogen and oxygen atoms in total. The van der Waals surface area contributed by atoms with Crippen molar-refractivity contribution in [2.45, 2.75) is 25.7 Å². The van der Waals surface area contributed by atoms with Gasteiger partial charge in [0.25, 0.3) is 5.91 Å². The van der Waals surface area contributed by atoms with Crippen LogP contribution in [0.25, 0.3) is 0 Å². The molecule has 1 aromatic heterocycles. The lowest BCUT2D eigenvalue weighted by molar-refractivity contribution is 0.0968. The second-order valence-corrected chi connectivity index (χ2v) is 5.77. The van der Waals surface area contributed by atoms with Crippen molar-refractivity contribution in [3.8, 4) is 0 Å². The van der Waals surface area contributed by atoms with E-state index >= 15 is 0 Å². The first-order valence-electron chi connectivity index (χ1n) is 6.07. The van der Waals surface area contributed by atoms with Crippen molar-refractivity contribution in [3.05, 3.63) is 22.6 Å². The lowest BCUT2D eigenvalue weighted by atomic mass is 10.1. The molecule has 0 unspecified atom stereocenters. The van der Waals surface area contributed by atoms with Gasteiger partial charge in [0.1, 0.15) is 4.88 Å². The second kappa shape index (κ2) is 5.02. The molecule has 0 aliphatic heterocycles. The van der Waals surface area contributed by atoms with Gasteiger partial charge < -0.3 is 16.4 Å². The molecule has 2 rings (SSSR count).